The molecule has 2 heterocycles. The lowest BCUT2D eigenvalue weighted by atomic mass is 10.4. The van der Waals surface area contributed by atoms with Crippen LogP contribution in [0.1, 0.15) is 11.4 Å². The third-order valence-corrected chi connectivity index (χ3v) is 6.65. The molecule has 0 aliphatic carbocycles. The summed E-state index contributed by atoms with van der Waals surface area (Å²) in [5, 5.41) is 0.282. The minimum atomic E-state index is -3.56. The Bertz CT molecular complexity index is 627. The average molecular weight is 354 g/mol. The molecule has 0 spiro atoms. The number of sulfonamides is 1. The van der Waals surface area contributed by atoms with Crippen molar-refractivity contribution in [1.82, 2.24) is 9.36 Å². The van der Waals surface area contributed by atoms with E-state index in [1.165, 1.54) is 11.3 Å². The summed E-state index contributed by atoms with van der Waals surface area (Å²) >= 11 is 5.49. The van der Waals surface area contributed by atoms with Crippen LogP contribution in [0.15, 0.2) is 14.1 Å². The summed E-state index contributed by atoms with van der Waals surface area (Å²) in [5.74, 6) is 0.552. The van der Waals surface area contributed by atoms with E-state index in [2.05, 4.69) is 30.0 Å². The predicted octanol–water partition coefficient (Wildman–Crippen LogP) is 2.78. The molecule has 0 aliphatic heterocycles. The third kappa shape index (κ3) is 2.84. The van der Waals surface area contributed by atoms with Crippen LogP contribution in [0.3, 0.4) is 0 Å². The zero-order valence-electron chi connectivity index (χ0n) is 8.89. The second-order valence-corrected chi connectivity index (χ2v) is 8.31. The van der Waals surface area contributed by atoms with E-state index in [1.54, 1.807) is 13.0 Å². The Kier molecular flexibility index (Phi) is 3.53. The fraction of sp³-hybridized carbons (Fsp3) is 0.250. The molecule has 0 fully saturated rings. The normalized spacial score (nSPS) is 11.7. The molecule has 2 aromatic rings. The Morgan fingerprint density at radius 1 is 1.41 bits per heavy atom. The monoisotopic (exact) mass is 353 g/mol. The van der Waals surface area contributed by atoms with Gasteiger partial charge in [0.2, 0.25) is 5.13 Å². The summed E-state index contributed by atoms with van der Waals surface area (Å²) in [6.45, 7) is 3.55. The Hall–Kier alpha value is -0.510. The summed E-state index contributed by atoms with van der Waals surface area (Å²) in [6, 6.07) is 1.62. The molecule has 0 aromatic carbocycles. The molecule has 0 atom stereocenters. The van der Waals surface area contributed by atoms with Gasteiger partial charge in [0.1, 0.15) is 10.0 Å². The van der Waals surface area contributed by atoms with Crippen LogP contribution in [-0.2, 0) is 10.0 Å². The van der Waals surface area contributed by atoms with Crippen LogP contribution >= 0.6 is 38.8 Å². The molecule has 9 heteroatoms. The molecule has 5 nitrogen and oxygen atoms in total. The molecule has 92 valence electrons. The van der Waals surface area contributed by atoms with Crippen molar-refractivity contribution >= 4 is 54.0 Å². The zero-order valence-corrected chi connectivity index (χ0v) is 12.9. The van der Waals surface area contributed by atoms with E-state index in [-0.39, 0.29) is 9.34 Å². The number of hydrogen-bond donors (Lipinski definition) is 1. The van der Waals surface area contributed by atoms with E-state index < -0.39 is 10.0 Å². The standard InChI is InChI=1S/C8H8BrN3O2S3/c1-4-3-6(15-7(4)9)17(13,14)12-8-10-5(2)11-16-8/h3H,1-2H3,(H,10,11,12). The van der Waals surface area contributed by atoms with Crippen molar-refractivity contribution in [2.75, 3.05) is 4.72 Å². The van der Waals surface area contributed by atoms with Crippen molar-refractivity contribution in [3.63, 3.8) is 0 Å². The molecular formula is C8H8BrN3O2S3. The zero-order chi connectivity index (χ0) is 12.6. The number of nitrogens with zero attached hydrogens (tertiary/aromatic N) is 2. The first-order valence-electron chi connectivity index (χ1n) is 4.47. The lowest BCUT2D eigenvalue weighted by Crippen LogP contribution is -2.11. The SMILES string of the molecule is Cc1nsc(NS(=O)(=O)c2cc(C)c(Br)s2)n1. The summed E-state index contributed by atoms with van der Waals surface area (Å²) in [4.78, 5) is 3.96. The molecule has 1 N–H and O–H groups in total. The fourth-order valence-electron chi connectivity index (χ4n) is 1.07. The number of halogens is 1. The van der Waals surface area contributed by atoms with Gasteiger partial charge in [0.05, 0.1) is 3.79 Å². The van der Waals surface area contributed by atoms with Gasteiger partial charge >= 0.3 is 0 Å². The Balaban J connectivity index is 2.31. The van der Waals surface area contributed by atoms with Gasteiger partial charge in [-0.3, -0.25) is 4.72 Å². The quantitative estimate of drug-likeness (QED) is 0.920. The first kappa shape index (κ1) is 12.9. The highest BCUT2D eigenvalue weighted by molar-refractivity contribution is 9.11. The van der Waals surface area contributed by atoms with E-state index in [1.807, 2.05) is 6.92 Å². The van der Waals surface area contributed by atoms with Crippen molar-refractivity contribution in [3.8, 4) is 0 Å². The van der Waals surface area contributed by atoms with E-state index in [0.29, 0.717) is 5.82 Å². The highest BCUT2D eigenvalue weighted by Crippen LogP contribution is 2.31. The minimum absolute atomic E-state index is 0.259. The Morgan fingerprint density at radius 2 is 2.12 bits per heavy atom. The smallest absolute Gasteiger partial charge is 0.253 e. The predicted molar refractivity (Wildman–Crippen MR) is 72.2 cm³/mol. The highest BCUT2D eigenvalue weighted by atomic mass is 79.9. The maximum absolute atomic E-state index is 12.0. The fourth-order valence-corrected chi connectivity index (χ4v) is 5.09. The lowest BCUT2D eigenvalue weighted by Gasteiger charge is -2.00. The summed E-state index contributed by atoms with van der Waals surface area (Å²) in [5.41, 5.74) is 0.892. The third-order valence-electron chi connectivity index (χ3n) is 1.85. The topological polar surface area (TPSA) is 72.0 Å². The van der Waals surface area contributed by atoms with Gasteiger partial charge in [-0.15, -0.1) is 11.3 Å². The number of aromatic nitrogens is 2. The molecule has 2 aromatic heterocycles. The largest absolute Gasteiger partial charge is 0.273 e. The maximum Gasteiger partial charge on any atom is 0.273 e. The van der Waals surface area contributed by atoms with Crippen molar-refractivity contribution in [2.45, 2.75) is 18.1 Å². The van der Waals surface area contributed by atoms with Crippen LogP contribution in [0.5, 0.6) is 0 Å². The van der Waals surface area contributed by atoms with Gasteiger partial charge in [-0.05, 0) is 41.4 Å². The van der Waals surface area contributed by atoms with E-state index in [0.717, 1.165) is 20.9 Å². The van der Waals surface area contributed by atoms with Crippen molar-refractivity contribution in [2.24, 2.45) is 0 Å². The number of thiophene rings is 1. The Labute approximate surface area is 115 Å². The summed E-state index contributed by atoms with van der Waals surface area (Å²) < 4.78 is 31.4. The second-order valence-electron chi connectivity index (χ2n) is 3.27. The van der Waals surface area contributed by atoms with Crippen LogP contribution < -0.4 is 4.72 Å². The van der Waals surface area contributed by atoms with Gasteiger partial charge in [0.15, 0.2) is 0 Å². The van der Waals surface area contributed by atoms with Crippen LogP contribution in [0.2, 0.25) is 0 Å². The van der Waals surface area contributed by atoms with E-state index >= 15 is 0 Å². The number of hydrogen-bond acceptors (Lipinski definition) is 6. The summed E-state index contributed by atoms with van der Waals surface area (Å²) in [6.07, 6.45) is 0. The van der Waals surface area contributed by atoms with Gasteiger partial charge in [-0.2, -0.15) is 4.37 Å². The molecule has 0 bridgehead atoms. The number of anilines is 1. The van der Waals surface area contributed by atoms with Crippen LogP contribution in [0.25, 0.3) is 0 Å². The molecule has 2 rings (SSSR count). The molecule has 0 aliphatic rings. The Morgan fingerprint density at radius 3 is 2.59 bits per heavy atom. The van der Waals surface area contributed by atoms with Crippen LogP contribution in [0, 0.1) is 13.8 Å². The van der Waals surface area contributed by atoms with Gasteiger partial charge in [0, 0.05) is 11.5 Å². The molecule has 0 amide bonds. The first-order chi connectivity index (χ1) is 7.88. The van der Waals surface area contributed by atoms with Crippen LogP contribution in [0.4, 0.5) is 5.13 Å². The first-order valence-corrected chi connectivity index (χ1v) is 8.34. The van der Waals surface area contributed by atoms with Crippen molar-refractivity contribution < 1.29 is 8.42 Å². The average Bonchev–Trinajstić information content (AvgIpc) is 2.75. The molecular weight excluding hydrogens is 346 g/mol. The number of aryl methyl sites for hydroxylation is 2. The van der Waals surface area contributed by atoms with Gasteiger partial charge in [-0.25, -0.2) is 13.4 Å². The van der Waals surface area contributed by atoms with Crippen molar-refractivity contribution in [1.29, 1.82) is 0 Å². The minimum Gasteiger partial charge on any atom is -0.253 e. The molecule has 0 unspecified atom stereocenters. The van der Waals surface area contributed by atoms with Gasteiger partial charge in [0.25, 0.3) is 10.0 Å². The van der Waals surface area contributed by atoms with Crippen molar-refractivity contribution in [3.05, 3.63) is 21.2 Å². The summed E-state index contributed by atoms with van der Waals surface area (Å²) in [7, 11) is -3.56. The lowest BCUT2D eigenvalue weighted by molar-refractivity contribution is 0.603. The highest BCUT2D eigenvalue weighted by Gasteiger charge is 2.19. The maximum atomic E-state index is 12.0. The number of nitrogens with one attached hydrogen (secondary N) is 1. The van der Waals surface area contributed by atoms with Gasteiger partial charge in [-0.1, -0.05) is 0 Å². The van der Waals surface area contributed by atoms with E-state index in [9.17, 15) is 8.42 Å². The molecule has 0 saturated heterocycles. The number of rotatable bonds is 3. The second kappa shape index (κ2) is 4.63. The van der Waals surface area contributed by atoms with E-state index in [4.69, 9.17) is 0 Å². The molecule has 17 heavy (non-hydrogen) atoms. The van der Waals surface area contributed by atoms with Crippen LogP contribution in [-0.4, -0.2) is 17.8 Å². The van der Waals surface area contributed by atoms with Gasteiger partial charge < -0.3 is 0 Å². The molecule has 0 radical (unpaired) electrons. The molecule has 0 saturated carbocycles.